The maximum Gasteiger partial charge on any atom is 0.221 e. The number of carbonyl (C=O) groups is 2. The summed E-state index contributed by atoms with van der Waals surface area (Å²) in [5, 5.41) is 2.93. The number of carbonyl (C=O) groups excluding carboxylic acids is 2. The van der Waals surface area contributed by atoms with Gasteiger partial charge in [0.2, 0.25) is 11.8 Å². The zero-order valence-corrected chi connectivity index (χ0v) is 14.5. The van der Waals surface area contributed by atoms with Gasteiger partial charge in [0.15, 0.2) is 0 Å². The van der Waals surface area contributed by atoms with Crippen LogP contribution in [0.1, 0.15) is 65.7 Å². The van der Waals surface area contributed by atoms with E-state index in [9.17, 15) is 9.59 Å². The third-order valence-corrected chi connectivity index (χ3v) is 4.19. The van der Waals surface area contributed by atoms with Gasteiger partial charge < -0.3 is 10.2 Å². The van der Waals surface area contributed by atoms with Gasteiger partial charge in [-0.25, -0.2) is 0 Å². The van der Waals surface area contributed by atoms with E-state index in [1.54, 1.807) is 11.8 Å². The topological polar surface area (TPSA) is 49.4 Å². The first-order valence-corrected chi connectivity index (χ1v) is 8.69. The van der Waals surface area contributed by atoms with Crippen LogP contribution in [0.5, 0.6) is 0 Å². The molecule has 0 aromatic carbocycles. The number of allylic oxidation sites excluding steroid dienone is 1. The summed E-state index contributed by atoms with van der Waals surface area (Å²) in [6, 6.07) is 0. The lowest BCUT2D eigenvalue weighted by Crippen LogP contribution is -2.35. The zero-order chi connectivity index (χ0) is 16.4. The molecule has 0 aromatic heterocycles. The Hall–Kier alpha value is -1.32. The van der Waals surface area contributed by atoms with E-state index >= 15 is 0 Å². The van der Waals surface area contributed by atoms with Crippen LogP contribution in [0.25, 0.3) is 0 Å². The Kier molecular flexibility index (Phi) is 8.86. The molecule has 0 fully saturated rings. The van der Waals surface area contributed by atoms with Crippen LogP contribution in [0.2, 0.25) is 0 Å². The fourth-order valence-electron chi connectivity index (χ4n) is 2.66. The molecular weight excluding hydrogens is 276 g/mol. The fourth-order valence-corrected chi connectivity index (χ4v) is 2.66. The van der Waals surface area contributed by atoms with E-state index in [1.165, 1.54) is 31.3 Å². The van der Waals surface area contributed by atoms with Crippen LogP contribution in [0.3, 0.4) is 0 Å². The Morgan fingerprint density at radius 3 is 2.64 bits per heavy atom. The first-order chi connectivity index (χ1) is 10.5. The van der Waals surface area contributed by atoms with E-state index in [1.807, 2.05) is 0 Å². The van der Waals surface area contributed by atoms with Gasteiger partial charge in [-0.05, 0) is 44.4 Å². The first kappa shape index (κ1) is 18.7. The standard InChI is InChI=1S/C18H32N2O2/c1-15(2)9-12-19-18(22)11-14-20(16(3)21)13-10-17-7-5-4-6-8-17/h7,15H,4-6,8-14H2,1-3H3,(H,19,22). The minimum Gasteiger partial charge on any atom is -0.356 e. The molecule has 0 heterocycles. The van der Waals surface area contributed by atoms with E-state index in [2.05, 4.69) is 25.2 Å². The molecule has 0 aliphatic heterocycles. The van der Waals surface area contributed by atoms with Crippen molar-refractivity contribution < 1.29 is 9.59 Å². The van der Waals surface area contributed by atoms with Crippen molar-refractivity contribution in [1.82, 2.24) is 10.2 Å². The molecule has 0 bridgehead atoms. The lowest BCUT2D eigenvalue weighted by molar-refractivity contribution is -0.129. The van der Waals surface area contributed by atoms with Crippen molar-refractivity contribution in [1.29, 1.82) is 0 Å². The molecule has 1 rings (SSSR count). The number of amides is 2. The predicted molar refractivity (Wildman–Crippen MR) is 90.5 cm³/mol. The molecule has 0 atom stereocenters. The molecule has 22 heavy (non-hydrogen) atoms. The normalized spacial score (nSPS) is 14.6. The Morgan fingerprint density at radius 1 is 1.27 bits per heavy atom. The second-order valence-corrected chi connectivity index (χ2v) is 6.65. The van der Waals surface area contributed by atoms with Crippen molar-refractivity contribution in [2.24, 2.45) is 5.92 Å². The van der Waals surface area contributed by atoms with Crippen molar-refractivity contribution >= 4 is 11.8 Å². The second kappa shape index (κ2) is 10.4. The molecular formula is C18H32N2O2. The lowest BCUT2D eigenvalue weighted by Gasteiger charge is -2.22. The van der Waals surface area contributed by atoms with Gasteiger partial charge >= 0.3 is 0 Å². The molecule has 0 spiro atoms. The van der Waals surface area contributed by atoms with Crippen molar-refractivity contribution in [2.45, 2.75) is 65.7 Å². The van der Waals surface area contributed by atoms with Crippen LogP contribution in [-0.4, -0.2) is 36.3 Å². The Balaban J connectivity index is 2.26. The highest BCUT2D eigenvalue weighted by Crippen LogP contribution is 2.20. The summed E-state index contributed by atoms with van der Waals surface area (Å²) < 4.78 is 0. The van der Waals surface area contributed by atoms with Crippen molar-refractivity contribution in [3.63, 3.8) is 0 Å². The van der Waals surface area contributed by atoms with E-state index in [0.29, 0.717) is 18.9 Å². The molecule has 126 valence electrons. The predicted octanol–water partition coefficient (Wildman–Crippen LogP) is 3.28. The molecule has 4 heteroatoms. The van der Waals surface area contributed by atoms with Crippen molar-refractivity contribution in [2.75, 3.05) is 19.6 Å². The number of rotatable bonds is 9. The molecule has 0 unspecified atom stereocenters. The first-order valence-electron chi connectivity index (χ1n) is 8.69. The van der Waals surface area contributed by atoms with Crippen LogP contribution in [0.15, 0.2) is 11.6 Å². The average molecular weight is 308 g/mol. The fraction of sp³-hybridized carbons (Fsp3) is 0.778. The van der Waals surface area contributed by atoms with Crippen LogP contribution in [-0.2, 0) is 9.59 Å². The average Bonchev–Trinajstić information content (AvgIpc) is 2.47. The third-order valence-electron chi connectivity index (χ3n) is 4.19. The number of nitrogens with zero attached hydrogens (tertiary/aromatic N) is 1. The van der Waals surface area contributed by atoms with Gasteiger partial charge in [0.1, 0.15) is 0 Å². The molecule has 1 aliphatic carbocycles. The summed E-state index contributed by atoms with van der Waals surface area (Å²) in [6.45, 7) is 7.86. The van der Waals surface area contributed by atoms with Gasteiger partial charge in [-0.3, -0.25) is 9.59 Å². The van der Waals surface area contributed by atoms with Crippen molar-refractivity contribution in [3.05, 3.63) is 11.6 Å². The lowest BCUT2D eigenvalue weighted by atomic mass is 9.97. The monoisotopic (exact) mass is 308 g/mol. The van der Waals surface area contributed by atoms with E-state index in [0.717, 1.165) is 25.9 Å². The second-order valence-electron chi connectivity index (χ2n) is 6.65. The van der Waals surface area contributed by atoms with E-state index in [4.69, 9.17) is 0 Å². The van der Waals surface area contributed by atoms with Gasteiger partial charge in [-0.15, -0.1) is 0 Å². The zero-order valence-electron chi connectivity index (χ0n) is 14.5. The number of nitrogens with one attached hydrogen (secondary N) is 1. The van der Waals surface area contributed by atoms with Crippen LogP contribution < -0.4 is 5.32 Å². The highest BCUT2D eigenvalue weighted by atomic mass is 16.2. The molecule has 0 saturated carbocycles. The van der Waals surface area contributed by atoms with Crippen LogP contribution in [0, 0.1) is 5.92 Å². The van der Waals surface area contributed by atoms with Crippen molar-refractivity contribution in [3.8, 4) is 0 Å². The van der Waals surface area contributed by atoms with Crippen LogP contribution >= 0.6 is 0 Å². The minimum absolute atomic E-state index is 0.0452. The number of hydrogen-bond acceptors (Lipinski definition) is 2. The van der Waals surface area contributed by atoms with Gasteiger partial charge in [-0.2, -0.15) is 0 Å². The summed E-state index contributed by atoms with van der Waals surface area (Å²) in [5.74, 6) is 0.702. The maximum absolute atomic E-state index is 11.8. The minimum atomic E-state index is 0.0452. The molecule has 0 aromatic rings. The van der Waals surface area contributed by atoms with Crippen LogP contribution in [0.4, 0.5) is 0 Å². The number of hydrogen-bond donors (Lipinski definition) is 1. The van der Waals surface area contributed by atoms with Gasteiger partial charge in [0.05, 0.1) is 0 Å². The molecule has 0 saturated heterocycles. The Labute approximate surface area is 135 Å². The van der Waals surface area contributed by atoms with Gasteiger partial charge in [0, 0.05) is 33.0 Å². The summed E-state index contributed by atoms with van der Waals surface area (Å²) in [4.78, 5) is 25.3. The molecule has 4 nitrogen and oxygen atoms in total. The quantitative estimate of drug-likeness (QED) is 0.665. The summed E-state index contributed by atoms with van der Waals surface area (Å²) >= 11 is 0. The Bertz CT molecular complexity index is 389. The molecule has 2 amide bonds. The maximum atomic E-state index is 11.8. The summed E-state index contributed by atoms with van der Waals surface area (Å²) in [7, 11) is 0. The highest BCUT2D eigenvalue weighted by molar-refractivity contribution is 5.77. The summed E-state index contributed by atoms with van der Waals surface area (Å²) in [5.41, 5.74) is 1.47. The van der Waals surface area contributed by atoms with E-state index < -0.39 is 0 Å². The SMILES string of the molecule is CC(=O)N(CCC(=O)NCCC(C)C)CCC1=CCCCC1. The largest absolute Gasteiger partial charge is 0.356 e. The molecule has 1 aliphatic rings. The van der Waals surface area contributed by atoms with E-state index in [-0.39, 0.29) is 11.8 Å². The van der Waals surface area contributed by atoms with Gasteiger partial charge in [-0.1, -0.05) is 25.5 Å². The molecule has 1 N–H and O–H groups in total. The smallest absolute Gasteiger partial charge is 0.221 e. The summed E-state index contributed by atoms with van der Waals surface area (Å²) in [6.07, 6.45) is 9.57. The third kappa shape index (κ3) is 8.20. The molecule has 0 radical (unpaired) electrons. The Morgan fingerprint density at radius 2 is 2.05 bits per heavy atom. The highest BCUT2D eigenvalue weighted by Gasteiger charge is 2.12. The van der Waals surface area contributed by atoms with Gasteiger partial charge in [0.25, 0.3) is 0 Å².